The molecule has 0 spiro atoms. The van der Waals surface area contributed by atoms with E-state index in [0.717, 1.165) is 17.4 Å². The van der Waals surface area contributed by atoms with Crippen molar-refractivity contribution < 1.29 is 17.7 Å². The summed E-state index contributed by atoms with van der Waals surface area (Å²) in [6.45, 7) is 4.44. The van der Waals surface area contributed by atoms with E-state index in [2.05, 4.69) is 15.0 Å². The van der Waals surface area contributed by atoms with Crippen LogP contribution in [0.15, 0.2) is 45.6 Å². The van der Waals surface area contributed by atoms with Gasteiger partial charge in [0.2, 0.25) is 27.6 Å². The van der Waals surface area contributed by atoms with E-state index in [1.165, 1.54) is 4.31 Å². The highest BCUT2D eigenvalue weighted by atomic mass is 32.2. The van der Waals surface area contributed by atoms with Crippen molar-refractivity contribution in [2.45, 2.75) is 13.5 Å². The van der Waals surface area contributed by atoms with E-state index in [-0.39, 0.29) is 12.5 Å². The fourth-order valence-corrected chi connectivity index (χ4v) is 5.16. The van der Waals surface area contributed by atoms with Gasteiger partial charge in [0, 0.05) is 37.1 Å². The number of sulfonamides is 1. The van der Waals surface area contributed by atoms with Crippen molar-refractivity contribution in [3.63, 3.8) is 0 Å². The molecule has 4 rings (SSSR count). The zero-order valence-electron chi connectivity index (χ0n) is 18.0. The second-order valence-electron chi connectivity index (χ2n) is 7.74. The first-order valence-electron chi connectivity index (χ1n) is 10.2. The molecule has 1 amide bonds. The summed E-state index contributed by atoms with van der Waals surface area (Å²) in [6, 6.07) is 9.10. The number of benzene rings is 1. The molecule has 1 saturated heterocycles. The Hall–Kier alpha value is -2.76. The normalized spacial score (nSPS) is 15.1. The molecular formula is C21H25N5O4S2. The third-order valence-corrected chi connectivity index (χ3v) is 7.20. The molecule has 3 aromatic rings. The summed E-state index contributed by atoms with van der Waals surface area (Å²) in [5.74, 6) is 0.900. The summed E-state index contributed by atoms with van der Waals surface area (Å²) in [4.78, 5) is 21.2. The SMILES string of the molecule is Cc1ccccc1N(CC(=O)N1CCN(Cc2nc(-c3ccsc3)no2)CC1)S(C)(=O)=O. The third kappa shape index (κ3) is 5.17. The highest BCUT2D eigenvalue weighted by molar-refractivity contribution is 7.92. The van der Waals surface area contributed by atoms with Crippen molar-refractivity contribution in [2.24, 2.45) is 0 Å². The lowest BCUT2D eigenvalue weighted by atomic mass is 10.2. The van der Waals surface area contributed by atoms with Gasteiger partial charge in [0.05, 0.1) is 18.5 Å². The standard InChI is InChI=1S/C21H25N5O4S2/c1-16-5-3-4-6-18(16)26(32(2,28)29)14-20(27)25-10-8-24(9-11-25)13-19-22-21(23-30-19)17-7-12-31-15-17/h3-7,12,15H,8-11,13-14H2,1-2H3. The molecule has 0 N–H and O–H groups in total. The van der Waals surface area contributed by atoms with Gasteiger partial charge in [-0.05, 0) is 30.0 Å². The number of carbonyl (C=O) groups excluding carboxylic acids is 1. The molecule has 2 aromatic heterocycles. The molecule has 9 nitrogen and oxygen atoms in total. The van der Waals surface area contributed by atoms with Crippen LogP contribution in [0.5, 0.6) is 0 Å². The minimum absolute atomic E-state index is 0.211. The average molecular weight is 476 g/mol. The number of thiophene rings is 1. The minimum Gasteiger partial charge on any atom is -0.339 e. The summed E-state index contributed by atoms with van der Waals surface area (Å²) >= 11 is 1.58. The van der Waals surface area contributed by atoms with E-state index < -0.39 is 10.0 Å². The fraction of sp³-hybridized carbons (Fsp3) is 0.381. The quantitative estimate of drug-likeness (QED) is 0.517. The van der Waals surface area contributed by atoms with Crippen LogP contribution in [0.4, 0.5) is 5.69 Å². The molecule has 32 heavy (non-hydrogen) atoms. The number of carbonyl (C=O) groups is 1. The van der Waals surface area contributed by atoms with Crippen LogP contribution in [0.25, 0.3) is 11.4 Å². The number of aryl methyl sites for hydroxylation is 1. The van der Waals surface area contributed by atoms with Crippen LogP contribution in [0.1, 0.15) is 11.5 Å². The van der Waals surface area contributed by atoms with Crippen LogP contribution in [0.2, 0.25) is 0 Å². The van der Waals surface area contributed by atoms with Crippen molar-refractivity contribution >= 4 is 33.0 Å². The number of para-hydroxylation sites is 1. The molecule has 1 fully saturated rings. The first-order chi connectivity index (χ1) is 15.3. The van der Waals surface area contributed by atoms with Crippen LogP contribution in [-0.2, 0) is 21.4 Å². The molecule has 1 aliphatic rings. The van der Waals surface area contributed by atoms with Crippen LogP contribution in [0, 0.1) is 6.92 Å². The molecule has 0 aliphatic carbocycles. The molecule has 1 aliphatic heterocycles. The molecule has 0 atom stereocenters. The molecule has 11 heteroatoms. The lowest BCUT2D eigenvalue weighted by Crippen LogP contribution is -2.51. The Morgan fingerprint density at radius 1 is 1.19 bits per heavy atom. The highest BCUT2D eigenvalue weighted by Gasteiger charge is 2.27. The fourth-order valence-electron chi connectivity index (χ4n) is 3.62. The predicted molar refractivity (Wildman–Crippen MR) is 123 cm³/mol. The van der Waals surface area contributed by atoms with Gasteiger partial charge in [-0.25, -0.2) is 8.42 Å². The van der Waals surface area contributed by atoms with Crippen LogP contribution in [0.3, 0.4) is 0 Å². The maximum atomic E-state index is 12.9. The van der Waals surface area contributed by atoms with Gasteiger partial charge in [-0.3, -0.25) is 14.0 Å². The van der Waals surface area contributed by atoms with Crippen molar-refractivity contribution in [2.75, 3.05) is 43.3 Å². The van der Waals surface area contributed by atoms with Crippen LogP contribution < -0.4 is 4.31 Å². The number of anilines is 1. The van der Waals surface area contributed by atoms with Gasteiger partial charge in [0.25, 0.3) is 0 Å². The average Bonchev–Trinajstić information content (AvgIpc) is 3.44. The van der Waals surface area contributed by atoms with Crippen molar-refractivity contribution in [3.05, 3.63) is 52.5 Å². The number of rotatable bonds is 7. The molecule has 0 bridgehead atoms. The summed E-state index contributed by atoms with van der Waals surface area (Å²) in [5, 5.41) is 7.96. The Labute approximate surface area is 191 Å². The second-order valence-corrected chi connectivity index (χ2v) is 10.4. The number of amides is 1. The molecular weight excluding hydrogens is 450 g/mol. The molecule has 0 radical (unpaired) electrons. The van der Waals surface area contributed by atoms with E-state index in [4.69, 9.17) is 4.52 Å². The predicted octanol–water partition coefficient (Wildman–Crippen LogP) is 2.22. The lowest BCUT2D eigenvalue weighted by molar-refractivity contribution is -0.131. The van der Waals surface area contributed by atoms with Gasteiger partial charge < -0.3 is 9.42 Å². The Morgan fingerprint density at radius 2 is 1.94 bits per heavy atom. The number of hydrogen-bond acceptors (Lipinski definition) is 8. The summed E-state index contributed by atoms with van der Waals surface area (Å²) in [7, 11) is -3.59. The monoisotopic (exact) mass is 475 g/mol. The Morgan fingerprint density at radius 3 is 2.59 bits per heavy atom. The topological polar surface area (TPSA) is 99.8 Å². The zero-order valence-corrected chi connectivity index (χ0v) is 19.6. The van der Waals surface area contributed by atoms with Crippen LogP contribution >= 0.6 is 11.3 Å². The van der Waals surface area contributed by atoms with E-state index in [1.807, 2.05) is 35.9 Å². The first kappa shape index (κ1) is 22.4. The van der Waals surface area contributed by atoms with E-state index in [1.54, 1.807) is 28.4 Å². The second kappa shape index (κ2) is 9.39. The van der Waals surface area contributed by atoms with E-state index in [0.29, 0.717) is 50.1 Å². The molecule has 170 valence electrons. The van der Waals surface area contributed by atoms with Gasteiger partial charge in [-0.1, -0.05) is 23.4 Å². The van der Waals surface area contributed by atoms with Crippen molar-refractivity contribution in [1.82, 2.24) is 19.9 Å². The summed E-state index contributed by atoms with van der Waals surface area (Å²) < 4.78 is 31.3. The summed E-state index contributed by atoms with van der Waals surface area (Å²) in [5.41, 5.74) is 2.27. The first-order valence-corrected chi connectivity index (χ1v) is 13.0. The zero-order chi connectivity index (χ0) is 22.7. The Bertz CT molecular complexity index is 1170. The molecule has 1 aromatic carbocycles. The van der Waals surface area contributed by atoms with Gasteiger partial charge in [-0.2, -0.15) is 16.3 Å². The number of hydrogen-bond donors (Lipinski definition) is 0. The van der Waals surface area contributed by atoms with Gasteiger partial charge in [0.15, 0.2) is 0 Å². The minimum atomic E-state index is -3.59. The highest BCUT2D eigenvalue weighted by Crippen LogP contribution is 2.23. The van der Waals surface area contributed by atoms with Gasteiger partial charge >= 0.3 is 0 Å². The Balaban J connectivity index is 1.34. The van der Waals surface area contributed by atoms with Crippen molar-refractivity contribution in [3.8, 4) is 11.4 Å². The lowest BCUT2D eigenvalue weighted by Gasteiger charge is -2.35. The molecule has 3 heterocycles. The van der Waals surface area contributed by atoms with Gasteiger partial charge in [0.1, 0.15) is 6.54 Å². The van der Waals surface area contributed by atoms with E-state index >= 15 is 0 Å². The van der Waals surface area contributed by atoms with E-state index in [9.17, 15) is 13.2 Å². The molecule has 0 saturated carbocycles. The van der Waals surface area contributed by atoms with Gasteiger partial charge in [-0.15, -0.1) is 0 Å². The van der Waals surface area contributed by atoms with Crippen molar-refractivity contribution in [1.29, 1.82) is 0 Å². The number of piperazine rings is 1. The largest absolute Gasteiger partial charge is 0.339 e. The van der Waals surface area contributed by atoms with Crippen LogP contribution in [-0.4, -0.2) is 73.2 Å². The maximum absolute atomic E-state index is 12.9. The molecule has 0 unspecified atom stereocenters. The number of nitrogens with zero attached hydrogens (tertiary/aromatic N) is 5. The Kier molecular flexibility index (Phi) is 6.58. The third-order valence-electron chi connectivity index (χ3n) is 5.39. The maximum Gasteiger partial charge on any atom is 0.243 e. The number of aromatic nitrogens is 2. The summed E-state index contributed by atoms with van der Waals surface area (Å²) in [6.07, 6.45) is 1.12. The smallest absolute Gasteiger partial charge is 0.243 e.